The number of hydrogen-bond donors (Lipinski definition) is 6. The highest BCUT2D eigenvalue weighted by atomic mass is 79.9. The van der Waals surface area contributed by atoms with Crippen molar-refractivity contribution in [2.45, 2.75) is 88.5 Å². The summed E-state index contributed by atoms with van der Waals surface area (Å²) < 4.78 is 187. The number of nitrogens with two attached hydrogens (primary N) is 2. The number of carbonyl (C=O) groups excluding carboxylic acids is 4. The Hall–Kier alpha value is -8.22. The zero-order chi connectivity index (χ0) is 106. The minimum atomic E-state index is -3.35. The summed E-state index contributed by atoms with van der Waals surface area (Å²) in [6, 6.07) is 46.4. The second-order valence-corrected chi connectivity index (χ2v) is 51.9. The first-order valence-electron chi connectivity index (χ1n) is 38.1. The smallest absolute Gasteiger partial charge is 0.350 e. The van der Waals surface area contributed by atoms with Gasteiger partial charge in [-0.2, -0.15) is 0 Å². The number of carbonyl (C=O) groups is 4. The fraction of sp³-hybridized carbons (Fsp3) is 0.250. The van der Waals surface area contributed by atoms with Crippen LogP contribution in [0.3, 0.4) is 0 Å². The first-order chi connectivity index (χ1) is 63.6. The van der Waals surface area contributed by atoms with E-state index >= 15 is 0 Å². The Morgan fingerprint density at radius 2 is 0.891 bits per heavy atom. The summed E-state index contributed by atoms with van der Waals surface area (Å²) in [4.78, 5) is 78.2. The minimum absolute atomic E-state index is 0.0445. The summed E-state index contributed by atoms with van der Waals surface area (Å²) in [5, 5.41) is 22.7. The number of aromatic amines is 1. The van der Waals surface area contributed by atoms with Gasteiger partial charge in [-0.15, -0.1) is 0 Å². The van der Waals surface area contributed by atoms with E-state index in [4.69, 9.17) is 36.7 Å². The molecule has 11 aromatic rings. The lowest BCUT2D eigenvalue weighted by atomic mass is 10.2. The number of pyridine rings is 3. The third kappa shape index (κ3) is 44.9. The Kier molecular flexibility index (Phi) is 52.1. The van der Waals surface area contributed by atoms with Gasteiger partial charge in [0.15, 0.2) is 70.0 Å². The Morgan fingerprint density at radius 1 is 0.529 bits per heavy atom. The number of nitrogens with one attached hydrogen (secondary N) is 3. The van der Waals surface area contributed by atoms with Gasteiger partial charge in [0.25, 0.3) is 23.7 Å². The third-order valence-electron chi connectivity index (χ3n) is 15.8. The number of aromatic nitrogens is 3. The largest absolute Gasteiger partial charge is 0.457 e. The van der Waals surface area contributed by atoms with Gasteiger partial charge >= 0.3 is 29.1 Å². The summed E-state index contributed by atoms with van der Waals surface area (Å²) in [6.07, 6.45) is 12.4. The summed E-state index contributed by atoms with van der Waals surface area (Å²) in [5.41, 5.74) is 13.2. The van der Waals surface area contributed by atoms with Crippen molar-refractivity contribution < 1.29 is 122 Å². The molecule has 5 heterocycles. The predicted molar refractivity (Wildman–Crippen MR) is 553 cm³/mol. The van der Waals surface area contributed by atoms with E-state index in [1.807, 2.05) is 66.7 Å². The number of H-pyrrole nitrogens is 1. The molecule has 754 valence electrons. The van der Waals surface area contributed by atoms with Crippen LogP contribution in [-0.4, -0.2) is 197 Å². The number of aliphatic hydroxyl groups excluding tert-OH is 1. The van der Waals surface area contributed by atoms with Gasteiger partial charge in [-0.25, -0.2) is 60.1 Å². The number of esters is 4. The van der Waals surface area contributed by atoms with E-state index in [9.17, 15) is 89.2 Å². The van der Waals surface area contributed by atoms with Crippen LogP contribution >= 0.6 is 146 Å². The molecule has 3 aromatic heterocycles. The van der Waals surface area contributed by atoms with Crippen molar-refractivity contribution >= 4 is 284 Å². The lowest BCUT2D eigenvalue weighted by Crippen LogP contribution is -2.42. The van der Waals surface area contributed by atoms with Gasteiger partial charge in [0.05, 0.1) is 55.9 Å². The molecule has 2 aliphatic rings. The fourth-order valence-electron chi connectivity index (χ4n) is 10.2. The zero-order valence-corrected chi connectivity index (χ0v) is 93.9. The number of methoxy groups -OCH3 is 3. The van der Waals surface area contributed by atoms with Crippen LogP contribution in [0.15, 0.2) is 261 Å². The van der Waals surface area contributed by atoms with Crippen LogP contribution in [0.25, 0.3) is 32.7 Å². The standard InChI is InChI=1S/C14H14BrNO6S.C12H10O.C11H11BrN2O2S.C10H7BrClNO2S.C10H8BrNO3S.C7H6BrNO4S.C7H8BrNO2S.C6H8O4.C4H10O3.C2H6O.CH5N.Cl3OP/c1-14(2)21-12(17)9(13(18)22-14)7-16-8-4-5-11(10(15)6-8)23(3,19)20;1-3-7-11(8-4-1)13-12-9-5-2-6-10-12;1-13-9-3-4-14-10-6-8(12)11(5-7(9)10)17(2,15)16;1-16(14,15)10-4-6-8(12)2-3-13-9(6)5-7(10)11;1-16(14,15)10-4-6-8(5-7(10)11)12-3-2-9(6)13;1-14(12,13)7-3-2-5(9(10)11)4-6(7)8;1-12(10,11)7-3-2-5(9)4-6(7)8;1-6(2)9-4(7)3-5(8)10-6;1-5-4(6-2)7-3;1-2-3;1-2;1-5(2,3)4/h4-7,16H,1-3H3;1-10H;3-6H,1-2H3,(H,13,14);2-5H,1H3;2-5H,1H3,(H,12,13);2-4H,1H3;2-4H,9H2,1H3;3H2,1-2H3;4H,1-3H3;3H,2H2,1H3;2H2,1H3;. The number of cyclic esters (lactones) is 4. The van der Waals surface area contributed by atoms with Crippen LogP contribution in [0.1, 0.15) is 41.0 Å². The average molecular weight is 2520 g/mol. The number of non-ortho nitro benzene ring substituents is 1. The molecule has 13 rings (SSSR count). The van der Waals surface area contributed by atoms with Gasteiger partial charge in [0, 0.05) is 203 Å². The molecule has 8 N–H and O–H groups in total. The number of nitrogens with zero attached hydrogens (tertiary/aromatic N) is 3. The number of sulfone groups is 6. The van der Waals surface area contributed by atoms with Gasteiger partial charge in [-0.3, -0.25) is 39.0 Å². The van der Waals surface area contributed by atoms with Crippen LogP contribution in [0.5, 0.6) is 11.5 Å². The van der Waals surface area contributed by atoms with Crippen molar-refractivity contribution in [3.63, 3.8) is 0 Å². The number of aliphatic hydroxyl groups is 1. The number of ether oxygens (including phenoxy) is 8. The molecule has 0 radical (unpaired) electrons. The Labute approximate surface area is 867 Å². The summed E-state index contributed by atoms with van der Waals surface area (Å²) in [7, 11) is -11.9. The molecule has 0 bridgehead atoms. The van der Waals surface area contributed by atoms with E-state index in [2.05, 4.69) is 184 Å². The van der Waals surface area contributed by atoms with Gasteiger partial charge in [0.2, 0.25) is 0 Å². The quantitative estimate of drug-likeness (QED) is 0.00639. The topological polar surface area (TPSA) is 562 Å². The SMILES string of the molecule is CC1(C)OC(=O)C(=CNc2ccc(S(C)(=O)=O)c(Br)c2)C(=O)O1.CC1(C)OC(=O)CC(=O)O1.CCO.CN.CNc1ccnc2cc(Br)c(S(C)(=O)=O)cc12.COC(OC)OC.CS(=O)(=O)c1cc2c(=O)cc[nH]c2cc1Br.CS(=O)(=O)c1cc2c(Cl)ccnc2cc1Br.CS(=O)(=O)c1ccc(N)cc1Br.CS(=O)(=O)c1ccc([N+](=O)[O-])cc1Br.O=P(Cl)(Cl)Cl.c1ccc(Oc2ccccc2)cc1. The van der Waals surface area contributed by atoms with Crippen LogP contribution in [0, 0.1) is 10.1 Å². The zero-order valence-electron chi connectivity index (χ0n) is 75.5. The van der Waals surface area contributed by atoms with E-state index in [0.29, 0.717) is 60.6 Å². The Bertz CT molecular complexity index is 6930. The van der Waals surface area contributed by atoms with Crippen molar-refractivity contribution in [3.8, 4) is 11.5 Å². The molecule has 0 atom stereocenters. The van der Waals surface area contributed by atoms with Crippen LogP contribution < -0.4 is 32.3 Å². The van der Waals surface area contributed by atoms with Crippen LogP contribution in [-0.2, 0) is 116 Å². The number of fused-ring (bicyclic) bond motifs is 3. The highest BCUT2D eigenvalue weighted by Gasteiger charge is 2.39. The monoisotopic (exact) mass is 2510 g/mol. The molecular weight excluding hydrogens is 2430 g/mol. The number of anilines is 3. The van der Waals surface area contributed by atoms with Gasteiger partial charge in [-0.05, 0) is 259 Å². The van der Waals surface area contributed by atoms with Gasteiger partial charge < -0.3 is 70.1 Å². The van der Waals surface area contributed by atoms with Crippen molar-refractivity contribution in [3.05, 3.63) is 252 Å². The molecule has 0 amide bonds. The van der Waals surface area contributed by atoms with E-state index in [-0.39, 0.29) is 63.6 Å². The molecule has 2 saturated heterocycles. The number of nitro benzene ring substituents is 1. The predicted octanol–water partition coefficient (Wildman–Crippen LogP) is 18.7. The maximum atomic E-state index is 11.8. The van der Waals surface area contributed by atoms with Crippen molar-refractivity contribution in [2.75, 3.05) is 95.9 Å². The Morgan fingerprint density at radius 3 is 1.27 bits per heavy atom. The summed E-state index contributed by atoms with van der Waals surface area (Å²) in [6.45, 7) is 7.35. The number of benzene rings is 8. The number of rotatable bonds is 15. The molecule has 0 aliphatic carbocycles. The average Bonchev–Trinajstić information content (AvgIpc) is 0.787. The molecule has 0 unspecified atom stereocenters. The van der Waals surface area contributed by atoms with E-state index in [0.717, 1.165) is 77.7 Å². The molecule has 0 spiro atoms. The first kappa shape index (κ1) is 126. The third-order valence-corrected chi connectivity index (χ3v) is 28.6. The van der Waals surface area contributed by atoms with E-state index in [1.54, 1.807) is 68.8 Å². The highest BCUT2D eigenvalue weighted by molar-refractivity contribution is 9.11. The normalized spacial score (nSPS) is 12.9. The molecule has 0 saturated carbocycles. The second-order valence-electron chi connectivity index (χ2n) is 27.9. The highest BCUT2D eigenvalue weighted by Crippen LogP contribution is 2.61. The number of halogens is 10. The fourth-order valence-corrected chi connectivity index (χ4v) is 22.3. The number of nitro groups is 1. The van der Waals surface area contributed by atoms with E-state index in [1.165, 1.54) is 117 Å². The number of hydrogen-bond acceptors (Lipinski definition) is 35. The minimum Gasteiger partial charge on any atom is -0.457 e. The maximum Gasteiger partial charge on any atom is 0.350 e. The lowest BCUT2D eigenvalue weighted by Gasteiger charge is -2.29. The molecule has 54 heteroatoms. The summed E-state index contributed by atoms with van der Waals surface area (Å²) >= 11 is 38.7. The van der Waals surface area contributed by atoms with Gasteiger partial charge in [0.1, 0.15) is 17.9 Å². The molecule has 138 heavy (non-hydrogen) atoms. The molecular formula is C84H93Br6Cl4N8O29PS6. The number of nitrogen functional groups attached to an aromatic ring is 1. The lowest BCUT2D eigenvalue weighted by molar-refractivity contribution is -0.385. The van der Waals surface area contributed by atoms with E-state index < -0.39 is 111 Å². The summed E-state index contributed by atoms with van der Waals surface area (Å²) in [5.74, 6) is -3.29. The first-order valence-corrected chi connectivity index (χ1v) is 59.0. The number of para-hydroxylation sites is 2. The van der Waals surface area contributed by atoms with Crippen molar-refractivity contribution in [1.82, 2.24) is 15.0 Å². The second kappa shape index (κ2) is 57.2. The van der Waals surface area contributed by atoms with Crippen molar-refractivity contribution in [2.24, 2.45) is 5.73 Å². The van der Waals surface area contributed by atoms with Crippen molar-refractivity contribution in [1.29, 1.82) is 0 Å². The van der Waals surface area contributed by atoms with Crippen LogP contribution in [0.2, 0.25) is 5.02 Å². The molecule has 8 aromatic carbocycles. The Balaban J connectivity index is 0.000000525. The van der Waals surface area contributed by atoms with Gasteiger partial charge in [-0.1, -0.05) is 48.0 Å². The maximum absolute atomic E-state index is 11.8. The molecule has 2 aliphatic heterocycles. The van der Waals surface area contributed by atoms with Crippen LogP contribution in [0.4, 0.5) is 22.7 Å². The molecule has 37 nitrogen and oxygen atoms in total. The molecule has 2 fully saturated rings.